The van der Waals surface area contributed by atoms with E-state index in [0.29, 0.717) is 5.56 Å². The highest BCUT2D eigenvalue weighted by atomic mass is 16.2. The maximum Gasteiger partial charge on any atom is 0.246 e. The largest absolute Gasteiger partial charge is 0.337 e. The molecular formula is C19H18N2O2. The van der Waals surface area contributed by atoms with Gasteiger partial charge in [-0.15, -0.1) is 0 Å². The minimum atomic E-state index is -0.0351. The smallest absolute Gasteiger partial charge is 0.246 e. The molecule has 3 aromatic rings. The van der Waals surface area contributed by atoms with E-state index >= 15 is 0 Å². The molecule has 23 heavy (non-hydrogen) atoms. The molecule has 0 aliphatic heterocycles. The number of carbonyl (C=O) groups is 2. The quantitative estimate of drug-likeness (QED) is 0.692. The Morgan fingerprint density at radius 1 is 1.00 bits per heavy atom. The normalized spacial score (nSPS) is 10.7. The molecule has 1 amide bonds. The van der Waals surface area contributed by atoms with Crippen LogP contribution < -0.4 is 4.90 Å². The molecule has 1 heterocycles. The molecule has 116 valence electrons. The zero-order chi connectivity index (χ0) is 16.4. The minimum absolute atomic E-state index is 0.00353. The number of rotatable bonds is 4. The molecule has 2 aromatic carbocycles. The SMILES string of the molecule is CC(=O)c1cn(CC(=O)N(C)c2ccccc2)c2ccccc12. The van der Waals surface area contributed by atoms with Crippen molar-refractivity contribution in [2.45, 2.75) is 13.5 Å². The standard InChI is InChI=1S/C19H18N2O2/c1-14(22)17-12-21(18-11-7-6-10-16(17)18)13-19(23)20(2)15-8-4-3-5-9-15/h3-12H,13H2,1-2H3. The number of ketones is 1. The van der Waals surface area contributed by atoms with Gasteiger partial charge in [-0.1, -0.05) is 36.4 Å². The topological polar surface area (TPSA) is 42.3 Å². The number of hydrogen-bond acceptors (Lipinski definition) is 2. The summed E-state index contributed by atoms with van der Waals surface area (Å²) in [6.07, 6.45) is 1.77. The fourth-order valence-electron chi connectivity index (χ4n) is 2.71. The zero-order valence-corrected chi connectivity index (χ0v) is 13.2. The van der Waals surface area contributed by atoms with Gasteiger partial charge in [-0.2, -0.15) is 0 Å². The number of para-hydroxylation sites is 2. The summed E-state index contributed by atoms with van der Waals surface area (Å²) in [6, 6.07) is 17.2. The Morgan fingerprint density at radius 3 is 2.35 bits per heavy atom. The number of Topliss-reactive ketones (excluding diaryl/α,β-unsaturated/α-hetero) is 1. The molecule has 0 saturated carbocycles. The van der Waals surface area contributed by atoms with Crippen LogP contribution in [0, 0.1) is 0 Å². The van der Waals surface area contributed by atoms with Gasteiger partial charge >= 0.3 is 0 Å². The number of aromatic nitrogens is 1. The molecule has 0 bridgehead atoms. The maximum atomic E-state index is 12.6. The molecule has 4 nitrogen and oxygen atoms in total. The summed E-state index contributed by atoms with van der Waals surface area (Å²) >= 11 is 0. The molecule has 3 rings (SSSR count). The molecule has 4 heteroatoms. The van der Waals surface area contributed by atoms with Crippen molar-refractivity contribution in [2.24, 2.45) is 0 Å². The van der Waals surface area contributed by atoms with Gasteiger partial charge in [0.2, 0.25) is 5.91 Å². The molecule has 1 aromatic heterocycles. The number of amides is 1. The number of carbonyl (C=O) groups excluding carboxylic acids is 2. The van der Waals surface area contributed by atoms with Crippen LogP contribution >= 0.6 is 0 Å². The number of nitrogens with zero attached hydrogens (tertiary/aromatic N) is 2. The van der Waals surface area contributed by atoms with Gasteiger partial charge in [-0.05, 0) is 25.1 Å². The third-order valence-electron chi connectivity index (χ3n) is 3.99. The Morgan fingerprint density at radius 2 is 1.65 bits per heavy atom. The summed E-state index contributed by atoms with van der Waals surface area (Å²) in [5.74, 6) is -0.0316. The van der Waals surface area contributed by atoms with Gasteiger partial charge in [0.05, 0.1) is 0 Å². The lowest BCUT2D eigenvalue weighted by atomic mass is 10.1. The van der Waals surface area contributed by atoms with Crippen molar-refractivity contribution in [1.29, 1.82) is 0 Å². The number of hydrogen-bond donors (Lipinski definition) is 0. The lowest BCUT2D eigenvalue weighted by Crippen LogP contribution is -2.29. The number of fused-ring (bicyclic) bond motifs is 1. The van der Waals surface area contributed by atoms with Crippen LogP contribution in [-0.4, -0.2) is 23.3 Å². The highest BCUT2D eigenvalue weighted by Crippen LogP contribution is 2.22. The monoisotopic (exact) mass is 306 g/mol. The van der Waals surface area contributed by atoms with Crippen LogP contribution in [0.15, 0.2) is 60.8 Å². The molecule has 0 saturated heterocycles. The van der Waals surface area contributed by atoms with Crippen LogP contribution in [0.1, 0.15) is 17.3 Å². The van der Waals surface area contributed by atoms with Crippen molar-refractivity contribution in [1.82, 2.24) is 4.57 Å². The van der Waals surface area contributed by atoms with Crippen LogP contribution in [-0.2, 0) is 11.3 Å². The van der Waals surface area contributed by atoms with E-state index < -0.39 is 0 Å². The van der Waals surface area contributed by atoms with Crippen molar-refractivity contribution in [3.05, 3.63) is 66.4 Å². The predicted molar refractivity (Wildman–Crippen MR) is 91.8 cm³/mol. The van der Waals surface area contributed by atoms with E-state index in [-0.39, 0.29) is 18.2 Å². The van der Waals surface area contributed by atoms with Gasteiger partial charge in [0.25, 0.3) is 0 Å². The van der Waals surface area contributed by atoms with E-state index in [9.17, 15) is 9.59 Å². The average molecular weight is 306 g/mol. The van der Waals surface area contributed by atoms with Gasteiger partial charge in [0.1, 0.15) is 6.54 Å². The summed E-state index contributed by atoms with van der Waals surface area (Å²) in [4.78, 5) is 26.0. The summed E-state index contributed by atoms with van der Waals surface area (Å²) in [7, 11) is 1.76. The minimum Gasteiger partial charge on any atom is -0.337 e. The third-order valence-corrected chi connectivity index (χ3v) is 3.99. The van der Waals surface area contributed by atoms with Crippen LogP contribution in [0.25, 0.3) is 10.9 Å². The van der Waals surface area contributed by atoms with E-state index in [1.54, 1.807) is 25.1 Å². The van der Waals surface area contributed by atoms with E-state index in [1.165, 1.54) is 0 Å². The second-order valence-electron chi connectivity index (χ2n) is 5.53. The fourth-order valence-corrected chi connectivity index (χ4v) is 2.71. The first-order valence-corrected chi connectivity index (χ1v) is 7.48. The van der Waals surface area contributed by atoms with Gasteiger partial charge in [0, 0.05) is 35.4 Å². The van der Waals surface area contributed by atoms with E-state index in [0.717, 1.165) is 16.6 Å². The van der Waals surface area contributed by atoms with E-state index in [4.69, 9.17) is 0 Å². The number of likely N-dealkylation sites (N-methyl/N-ethyl adjacent to an activating group) is 1. The Bertz CT molecular complexity index is 865. The summed E-state index contributed by atoms with van der Waals surface area (Å²) in [5.41, 5.74) is 2.39. The van der Waals surface area contributed by atoms with Gasteiger partial charge in [0.15, 0.2) is 5.78 Å². The Hall–Kier alpha value is -2.88. The predicted octanol–water partition coefficient (Wildman–Crippen LogP) is 3.51. The van der Waals surface area contributed by atoms with Crippen molar-refractivity contribution >= 4 is 28.3 Å². The van der Waals surface area contributed by atoms with Gasteiger partial charge in [-0.25, -0.2) is 0 Å². The summed E-state index contributed by atoms with van der Waals surface area (Å²) in [5, 5.41) is 0.884. The van der Waals surface area contributed by atoms with Gasteiger partial charge in [-0.3, -0.25) is 9.59 Å². The molecule has 0 fully saturated rings. The molecule has 0 aliphatic carbocycles. The first-order chi connectivity index (χ1) is 11.1. The Labute approximate surface area is 134 Å². The molecule has 0 radical (unpaired) electrons. The molecular weight excluding hydrogens is 288 g/mol. The summed E-state index contributed by atoms with van der Waals surface area (Å²) in [6.45, 7) is 1.74. The van der Waals surface area contributed by atoms with Crippen molar-refractivity contribution in [2.75, 3.05) is 11.9 Å². The highest BCUT2D eigenvalue weighted by Gasteiger charge is 2.16. The zero-order valence-electron chi connectivity index (χ0n) is 13.2. The third kappa shape index (κ3) is 2.88. The second kappa shape index (κ2) is 6.08. The molecule has 0 unspecified atom stereocenters. The second-order valence-corrected chi connectivity index (χ2v) is 5.53. The Balaban J connectivity index is 1.93. The molecule has 0 aliphatic rings. The van der Waals surface area contributed by atoms with Crippen LogP contribution in [0.2, 0.25) is 0 Å². The van der Waals surface area contributed by atoms with Crippen molar-refractivity contribution in [3.63, 3.8) is 0 Å². The molecule has 0 atom stereocenters. The van der Waals surface area contributed by atoms with E-state index in [2.05, 4.69) is 0 Å². The average Bonchev–Trinajstić information content (AvgIpc) is 2.94. The van der Waals surface area contributed by atoms with Gasteiger partial charge < -0.3 is 9.47 Å². The van der Waals surface area contributed by atoms with Crippen LogP contribution in [0.3, 0.4) is 0 Å². The number of benzene rings is 2. The van der Waals surface area contributed by atoms with E-state index in [1.807, 2.05) is 59.2 Å². The van der Waals surface area contributed by atoms with Crippen LogP contribution in [0.4, 0.5) is 5.69 Å². The van der Waals surface area contributed by atoms with Crippen molar-refractivity contribution in [3.8, 4) is 0 Å². The fraction of sp³-hybridized carbons (Fsp3) is 0.158. The maximum absolute atomic E-state index is 12.6. The first kappa shape index (κ1) is 15.0. The van der Waals surface area contributed by atoms with Crippen LogP contribution in [0.5, 0.6) is 0 Å². The van der Waals surface area contributed by atoms with Crippen molar-refractivity contribution < 1.29 is 9.59 Å². The lowest BCUT2D eigenvalue weighted by Gasteiger charge is -2.18. The highest BCUT2D eigenvalue weighted by molar-refractivity contribution is 6.07. The lowest BCUT2D eigenvalue weighted by molar-refractivity contribution is -0.118. The Kier molecular flexibility index (Phi) is 3.98. The first-order valence-electron chi connectivity index (χ1n) is 7.48. The molecule has 0 N–H and O–H groups in total. The number of anilines is 1. The summed E-state index contributed by atoms with van der Waals surface area (Å²) < 4.78 is 1.84. The molecule has 0 spiro atoms.